The molecule has 2 atom stereocenters. The molecule has 2 aliphatic rings. The number of aromatic nitrogens is 2. The normalized spacial score (nSPS) is 18.1. The van der Waals surface area contributed by atoms with Crippen molar-refractivity contribution in [3.05, 3.63) is 125 Å². The summed E-state index contributed by atoms with van der Waals surface area (Å²) >= 11 is 8.46. The maximum atomic E-state index is 13.5. The lowest BCUT2D eigenvalue weighted by Gasteiger charge is -2.49. The molecule has 6 rings (SSSR count). The number of allylic oxidation sites excluding steroid dienone is 1. The van der Waals surface area contributed by atoms with Gasteiger partial charge in [0.25, 0.3) is 11.8 Å². The van der Waals surface area contributed by atoms with E-state index >= 15 is 0 Å². The minimum absolute atomic E-state index is 0.0303. The SMILES string of the molecule is CO/N=C(\C(=O)N[C@@H]1C(=O)N2C(C=O)=C(CCl)CS[C@H]12)c1nsc(NC(c2ccccc2)(c2ccccc2)c2ccccc2)n1. The quantitative estimate of drug-likeness (QED) is 0.0607. The summed E-state index contributed by atoms with van der Waals surface area (Å²) in [4.78, 5) is 49.2. The van der Waals surface area contributed by atoms with Crippen LogP contribution in [0.1, 0.15) is 22.5 Å². The van der Waals surface area contributed by atoms with Gasteiger partial charge < -0.3 is 15.5 Å². The van der Waals surface area contributed by atoms with Crippen molar-refractivity contribution in [1.82, 2.24) is 19.6 Å². The van der Waals surface area contributed by atoms with E-state index in [9.17, 15) is 14.4 Å². The van der Waals surface area contributed by atoms with Crippen molar-refractivity contribution < 1.29 is 19.2 Å². The molecule has 4 aromatic rings. The summed E-state index contributed by atoms with van der Waals surface area (Å²) < 4.78 is 4.45. The molecule has 0 bridgehead atoms. The summed E-state index contributed by atoms with van der Waals surface area (Å²) in [6.07, 6.45) is 0.631. The highest BCUT2D eigenvalue weighted by atomic mass is 35.5. The lowest BCUT2D eigenvalue weighted by Crippen LogP contribution is -2.70. The third-order valence-electron chi connectivity index (χ3n) is 7.60. The molecule has 3 aromatic carbocycles. The number of thioether (sulfide) groups is 1. The van der Waals surface area contributed by atoms with Gasteiger partial charge in [0.05, 0.1) is 5.70 Å². The highest BCUT2D eigenvalue weighted by Crippen LogP contribution is 2.41. The van der Waals surface area contributed by atoms with E-state index in [0.717, 1.165) is 28.2 Å². The van der Waals surface area contributed by atoms with Crippen LogP contribution in [0.3, 0.4) is 0 Å². The number of carbonyl (C=O) groups excluding carboxylic acids is 3. The number of alkyl halides is 1. The van der Waals surface area contributed by atoms with Crippen LogP contribution >= 0.6 is 34.9 Å². The molecule has 0 unspecified atom stereocenters. The number of hydrogen-bond donors (Lipinski definition) is 2. The van der Waals surface area contributed by atoms with E-state index in [1.165, 1.54) is 23.8 Å². The van der Waals surface area contributed by atoms with Gasteiger partial charge in [-0.1, -0.05) is 96.2 Å². The van der Waals surface area contributed by atoms with Gasteiger partial charge in [-0.3, -0.25) is 19.3 Å². The smallest absolute Gasteiger partial charge is 0.278 e. The van der Waals surface area contributed by atoms with Gasteiger partial charge in [-0.05, 0) is 22.3 Å². The molecule has 0 spiro atoms. The Morgan fingerprint density at radius 1 is 1.04 bits per heavy atom. The third kappa shape index (κ3) is 5.60. The van der Waals surface area contributed by atoms with Crippen LogP contribution in [0.4, 0.5) is 5.13 Å². The zero-order chi connectivity index (χ0) is 31.4. The first kappa shape index (κ1) is 30.5. The zero-order valence-corrected chi connectivity index (χ0v) is 26.3. The average molecular weight is 659 g/mol. The van der Waals surface area contributed by atoms with Gasteiger partial charge in [0.15, 0.2) is 6.29 Å². The summed E-state index contributed by atoms with van der Waals surface area (Å²) in [6.45, 7) is 0. The molecule has 1 saturated heterocycles. The first-order valence-electron chi connectivity index (χ1n) is 13.9. The van der Waals surface area contributed by atoms with E-state index < -0.39 is 28.8 Å². The third-order valence-corrected chi connectivity index (χ3v) is 9.90. The number of halogens is 1. The number of nitrogens with one attached hydrogen (secondary N) is 2. The van der Waals surface area contributed by atoms with Crippen molar-refractivity contribution in [2.75, 3.05) is 24.1 Å². The molecule has 2 N–H and O–H groups in total. The molecule has 13 heteroatoms. The average Bonchev–Trinajstić information content (AvgIpc) is 3.56. The largest absolute Gasteiger partial charge is 0.398 e. The predicted molar refractivity (Wildman–Crippen MR) is 175 cm³/mol. The first-order valence-corrected chi connectivity index (χ1v) is 16.3. The number of rotatable bonds is 11. The van der Waals surface area contributed by atoms with Crippen LogP contribution in [0.5, 0.6) is 0 Å². The number of aldehydes is 1. The van der Waals surface area contributed by atoms with E-state index in [1.807, 2.05) is 91.0 Å². The maximum Gasteiger partial charge on any atom is 0.278 e. The van der Waals surface area contributed by atoms with Crippen LogP contribution in [0.25, 0.3) is 0 Å². The van der Waals surface area contributed by atoms with E-state index in [-0.39, 0.29) is 23.1 Å². The van der Waals surface area contributed by atoms with Gasteiger partial charge in [-0.2, -0.15) is 9.36 Å². The van der Waals surface area contributed by atoms with Crippen LogP contribution in [-0.2, 0) is 24.8 Å². The second kappa shape index (κ2) is 13.2. The molecule has 0 aliphatic carbocycles. The Balaban J connectivity index is 1.31. The fourth-order valence-electron chi connectivity index (χ4n) is 5.50. The summed E-state index contributed by atoms with van der Waals surface area (Å²) in [5, 5.41) is 10.3. The number of anilines is 1. The van der Waals surface area contributed by atoms with E-state index in [0.29, 0.717) is 22.7 Å². The van der Waals surface area contributed by atoms with Crippen molar-refractivity contribution >= 4 is 63.8 Å². The lowest BCUT2D eigenvalue weighted by atomic mass is 9.77. The molecule has 2 aliphatic heterocycles. The zero-order valence-electron chi connectivity index (χ0n) is 23.9. The van der Waals surface area contributed by atoms with Gasteiger partial charge in [-0.25, -0.2) is 0 Å². The molecule has 1 aromatic heterocycles. The molecule has 3 heterocycles. The van der Waals surface area contributed by atoms with E-state index in [2.05, 4.69) is 25.1 Å². The summed E-state index contributed by atoms with van der Waals surface area (Å²) in [5.74, 6) is -0.436. The molecular formula is C32H27ClN6O4S2. The number of β-lactam (4-membered cyclic amide) rings is 1. The minimum atomic E-state index is -0.866. The van der Waals surface area contributed by atoms with E-state index in [1.54, 1.807) is 0 Å². The summed E-state index contributed by atoms with van der Waals surface area (Å²) in [6, 6.07) is 29.2. The molecule has 0 saturated carbocycles. The molecule has 45 heavy (non-hydrogen) atoms. The number of carbonyl (C=O) groups is 3. The number of fused-ring (bicyclic) bond motifs is 1. The second-order valence-corrected chi connectivity index (χ2v) is 12.2. The number of nitrogens with zero attached hydrogens (tertiary/aromatic N) is 4. The number of hydrogen-bond acceptors (Lipinski definition) is 10. The number of oxime groups is 1. The van der Waals surface area contributed by atoms with Gasteiger partial charge in [0.1, 0.15) is 24.1 Å². The minimum Gasteiger partial charge on any atom is -0.398 e. The van der Waals surface area contributed by atoms with Crippen LogP contribution in [-0.4, -0.2) is 68.2 Å². The second-order valence-electron chi connectivity index (χ2n) is 10.1. The lowest BCUT2D eigenvalue weighted by molar-refractivity contribution is -0.145. The van der Waals surface area contributed by atoms with Crippen molar-refractivity contribution in [2.45, 2.75) is 17.0 Å². The van der Waals surface area contributed by atoms with Gasteiger partial charge in [0, 0.05) is 23.2 Å². The number of benzene rings is 3. The topological polar surface area (TPSA) is 126 Å². The molecular weight excluding hydrogens is 632 g/mol. The fraction of sp³-hybridized carbons (Fsp3) is 0.188. The molecule has 0 radical (unpaired) electrons. The van der Waals surface area contributed by atoms with Crippen molar-refractivity contribution in [3.63, 3.8) is 0 Å². The Labute approximate surface area is 272 Å². The van der Waals surface area contributed by atoms with Gasteiger partial charge >= 0.3 is 0 Å². The van der Waals surface area contributed by atoms with E-state index in [4.69, 9.17) is 16.4 Å². The maximum absolute atomic E-state index is 13.5. The van der Waals surface area contributed by atoms with Crippen LogP contribution < -0.4 is 10.6 Å². The van der Waals surface area contributed by atoms with Crippen LogP contribution in [0, 0.1) is 0 Å². The van der Waals surface area contributed by atoms with Crippen molar-refractivity contribution in [2.24, 2.45) is 5.16 Å². The molecule has 1 fully saturated rings. The summed E-state index contributed by atoms with van der Waals surface area (Å²) in [7, 11) is 1.31. The summed E-state index contributed by atoms with van der Waals surface area (Å²) in [5.41, 5.74) is 2.81. The molecule has 2 amide bonds. The first-order chi connectivity index (χ1) is 22.0. The predicted octanol–water partition coefficient (Wildman–Crippen LogP) is 4.38. The standard InChI is InChI=1S/C32H27ClN6O4S2/c1-43-37-25(28(41)34-26-29(42)39-24(18-40)20(17-33)19-44-30(26)39)27-35-31(45-38-27)36-32(21-11-5-2-6-12-21,22-13-7-3-8-14-22)23-15-9-4-10-16-23/h2-16,18,26,30H,17,19H2,1H3,(H,34,41)(H,35,36,38)/b37-25-/t26-,30-/m1/s1. The van der Waals surface area contributed by atoms with Gasteiger partial charge in [-0.15, -0.1) is 23.4 Å². The van der Waals surface area contributed by atoms with Crippen molar-refractivity contribution in [3.8, 4) is 0 Å². The Morgan fingerprint density at radius 3 is 2.13 bits per heavy atom. The van der Waals surface area contributed by atoms with Crippen LogP contribution in [0.2, 0.25) is 0 Å². The van der Waals surface area contributed by atoms with Crippen LogP contribution in [0.15, 0.2) is 107 Å². The monoisotopic (exact) mass is 658 g/mol. The molecule has 228 valence electrons. The number of amides is 2. The Morgan fingerprint density at radius 2 is 1.62 bits per heavy atom. The Bertz CT molecular complexity index is 1670. The van der Waals surface area contributed by atoms with Crippen molar-refractivity contribution in [1.29, 1.82) is 0 Å². The molecule has 10 nitrogen and oxygen atoms in total. The fourth-order valence-corrected chi connectivity index (χ4v) is 7.83. The highest BCUT2D eigenvalue weighted by molar-refractivity contribution is 8.00. The Kier molecular flexibility index (Phi) is 8.97. The Hall–Kier alpha value is -4.52. The van der Waals surface area contributed by atoms with Gasteiger partial charge in [0.2, 0.25) is 16.7 Å². The highest BCUT2D eigenvalue weighted by Gasteiger charge is 2.53.